The lowest BCUT2D eigenvalue weighted by molar-refractivity contribution is -0.148. The Labute approximate surface area is 228 Å². The molecule has 0 heterocycles. The summed E-state index contributed by atoms with van der Waals surface area (Å²) in [5.41, 5.74) is 0. The summed E-state index contributed by atoms with van der Waals surface area (Å²) in [5, 5.41) is 3.87. The van der Waals surface area contributed by atoms with Crippen LogP contribution in [-0.4, -0.2) is 57.6 Å². The summed E-state index contributed by atoms with van der Waals surface area (Å²) in [6.45, 7) is 10.9. The zero-order chi connectivity index (χ0) is 26.5. The molecule has 0 radical (unpaired) electrons. The van der Waals surface area contributed by atoms with Gasteiger partial charge in [-0.15, -0.1) is 0 Å². The monoisotopic (exact) mass is 513 g/mol. The van der Waals surface area contributed by atoms with Crippen molar-refractivity contribution < 1.29 is 9.47 Å². The minimum atomic E-state index is 0.0205. The van der Waals surface area contributed by atoms with E-state index in [9.17, 15) is 0 Å². The quantitative estimate of drug-likeness (QED) is 0.0768. The van der Waals surface area contributed by atoms with Crippen molar-refractivity contribution in [2.24, 2.45) is 0 Å². The number of unbranched alkanes of at least 4 members (excludes halogenated alkanes) is 13. The van der Waals surface area contributed by atoms with Gasteiger partial charge in [0.05, 0.1) is 0 Å². The lowest BCUT2D eigenvalue weighted by Gasteiger charge is -2.20. The van der Waals surface area contributed by atoms with Crippen LogP contribution >= 0.6 is 0 Å². The highest BCUT2D eigenvalue weighted by Gasteiger charge is 2.10. The van der Waals surface area contributed by atoms with E-state index in [0.717, 1.165) is 32.2 Å². The largest absolute Gasteiger partial charge is 0.353 e. The summed E-state index contributed by atoms with van der Waals surface area (Å²) < 4.78 is 12.3. The van der Waals surface area contributed by atoms with E-state index < -0.39 is 0 Å². The third-order valence-corrected chi connectivity index (χ3v) is 7.22. The van der Waals surface area contributed by atoms with E-state index in [2.05, 4.69) is 45.1 Å². The Kier molecular flexibility index (Phi) is 29.3. The number of ether oxygens (including phenoxy) is 2. The van der Waals surface area contributed by atoms with Crippen LogP contribution in [0.3, 0.4) is 0 Å². The molecule has 0 aliphatic carbocycles. The molecule has 1 unspecified atom stereocenters. The van der Waals surface area contributed by atoms with Crippen LogP contribution in [0.4, 0.5) is 0 Å². The molecule has 0 aliphatic rings. The fourth-order valence-corrected chi connectivity index (χ4v) is 4.80. The predicted molar refractivity (Wildman–Crippen MR) is 160 cm³/mol. The normalized spacial score (nSPS) is 12.8. The van der Waals surface area contributed by atoms with Gasteiger partial charge in [0.2, 0.25) is 0 Å². The number of hydrogen-bond acceptors (Lipinski definition) is 4. The summed E-state index contributed by atoms with van der Waals surface area (Å²) in [5.74, 6) is 0. The zero-order valence-corrected chi connectivity index (χ0v) is 25.6. The van der Waals surface area contributed by atoms with Gasteiger partial charge in [-0.3, -0.25) is 0 Å². The van der Waals surface area contributed by atoms with Crippen molar-refractivity contribution in [2.75, 3.05) is 40.4 Å². The van der Waals surface area contributed by atoms with Crippen LogP contribution in [0.25, 0.3) is 0 Å². The third kappa shape index (κ3) is 26.9. The minimum Gasteiger partial charge on any atom is -0.353 e. The maximum absolute atomic E-state index is 6.14. The molecule has 218 valence electrons. The lowest BCUT2D eigenvalue weighted by Crippen LogP contribution is -2.31. The Bertz CT molecular complexity index is 392. The zero-order valence-electron chi connectivity index (χ0n) is 25.6. The Morgan fingerprint density at radius 3 is 1.47 bits per heavy atom. The van der Waals surface area contributed by atoms with Gasteiger partial charge >= 0.3 is 0 Å². The Morgan fingerprint density at radius 1 is 0.528 bits per heavy atom. The van der Waals surface area contributed by atoms with Gasteiger partial charge in [-0.25, -0.2) is 0 Å². The molecule has 0 bridgehead atoms. The molecule has 1 atom stereocenters. The highest BCUT2D eigenvalue weighted by atomic mass is 16.7. The Balaban J connectivity index is 4.08. The van der Waals surface area contributed by atoms with E-state index in [0.29, 0.717) is 0 Å². The second kappa shape index (κ2) is 29.4. The average Bonchev–Trinajstić information content (AvgIpc) is 2.87. The molecule has 0 rings (SSSR count). The summed E-state index contributed by atoms with van der Waals surface area (Å²) in [6, 6.07) is 0.718. The van der Waals surface area contributed by atoms with Gasteiger partial charge in [0, 0.05) is 19.3 Å². The van der Waals surface area contributed by atoms with Crippen molar-refractivity contribution in [3.63, 3.8) is 0 Å². The number of nitrogens with zero attached hydrogens (tertiary/aromatic N) is 1. The fraction of sp³-hybridized carbons (Fsp3) is 1.00. The molecule has 4 nitrogen and oxygen atoms in total. The second-order valence-electron chi connectivity index (χ2n) is 11.3. The van der Waals surface area contributed by atoms with Crippen molar-refractivity contribution in [3.05, 3.63) is 0 Å². The van der Waals surface area contributed by atoms with E-state index in [1.54, 1.807) is 0 Å². The van der Waals surface area contributed by atoms with E-state index in [-0.39, 0.29) is 6.29 Å². The van der Waals surface area contributed by atoms with Crippen LogP contribution in [-0.2, 0) is 9.47 Å². The molecule has 0 spiro atoms. The van der Waals surface area contributed by atoms with Crippen LogP contribution < -0.4 is 5.32 Å². The first-order valence-electron chi connectivity index (χ1n) is 16.2. The second-order valence-corrected chi connectivity index (χ2v) is 11.3. The maximum atomic E-state index is 6.14. The predicted octanol–water partition coefficient (Wildman–Crippen LogP) is 9.12. The maximum Gasteiger partial charge on any atom is 0.157 e. The number of hydrogen-bond donors (Lipinski definition) is 1. The van der Waals surface area contributed by atoms with E-state index in [1.165, 1.54) is 135 Å². The van der Waals surface area contributed by atoms with Gasteiger partial charge in [-0.05, 0) is 72.1 Å². The molecule has 0 aromatic heterocycles. The van der Waals surface area contributed by atoms with Gasteiger partial charge < -0.3 is 19.7 Å². The van der Waals surface area contributed by atoms with Crippen LogP contribution in [0.5, 0.6) is 0 Å². The summed E-state index contributed by atoms with van der Waals surface area (Å²) in [6.07, 6.45) is 27.3. The summed E-state index contributed by atoms with van der Waals surface area (Å²) in [7, 11) is 4.34. The fourth-order valence-electron chi connectivity index (χ4n) is 4.80. The smallest absolute Gasteiger partial charge is 0.157 e. The highest BCUT2D eigenvalue weighted by molar-refractivity contribution is 4.68. The van der Waals surface area contributed by atoms with Crippen molar-refractivity contribution in [1.82, 2.24) is 10.2 Å². The first kappa shape index (κ1) is 35.8. The van der Waals surface area contributed by atoms with Gasteiger partial charge in [0.1, 0.15) is 0 Å². The average molecular weight is 513 g/mol. The molecule has 0 saturated carbocycles. The summed E-state index contributed by atoms with van der Waals surface area (Å²) >= 11 is 0. The molecule has 36 heavy (non-hydrogen) atoms. The molecule has 1 N–H and O–H groups in total. The van der Waals surface area contributed by atoms with Gasteiger partial charge in [-0.2, -0.15) is 0 Å². The SMILES string of the molecule is CCCCCCOC(CCCCCCCC(CCCCCC)NCCCN(C)C)OCCCCCC. The highest BCUT2D eigenvalue weighted by Crippen LogP contribution is 2.16. The minimum absolute atomic E-state index is 0.0205. The lowest BCUT2D eigenvalue weighted by atomic mass is 10.0. The Hall–Kier alpha value is -0.160. The molecule has 4 heteroatoms. The van der Waals surface area contributed by atoms with Crippen LogP contribution in [0, 0.1) is 0 Å². The molecule has 0 amide bonds. The van der Waals surface area contributed by atoms with E-state index in [4.69, 9.17) is 9.47 Å². The molecular weight excluding hydrogens is 444 g/mol. The van der Waals surface area contributed by atoms with Crippen LogP contribution in [0.15, 0.2) is 0 Å². The Morgan fingerprint density at radius 2 is 0.972 bits per heavy atom. The molecule has 0 aliphatic heterocycles. The molecule has 0 fully saturated rings. The summed E-state index contributed by atoms with van der Waals surface area (Å²) in [4.78, 5) is 2.29. The van der Waals surface area contributed by atoms with Crippen molar-refractivity contribution in [3.8, 4) is 0 Å². The standard InChI is InChI=1S/C32H68N2O2/c1-6-9-12-18-24-31(33-27-23-28-34(4)5)25-19-16-15-17-20-26-32(35-29-21-13-10-7-2)36-30-22-14-11-8-3/h31-33H,6-30H2,1-5H3. The van der Waals surface area contributed by atoms with Gasteiger partial charge in [0.15, 0.2) is 6.29 Å². The van der Waals surface area contributed by atoms with Crippen LogP contribution in [0.1, 0.15) is 156 Å². The molecule has 0 aromatic rings. The number of nitrogens with one attached hydrogen (secondary N) is 1. The van der Waals surface area contributed by atoms with Gasteiger partial charge in [-0.1, -0.05) is 111 Å². The van der Waals surface area contributed by atoms with Crippen molar-refractivity contribution >= 4 is 0 Å². The first-order valence-corrected chi connectivity index (χ1v) is 16.2. The molecular formula is C32H68N2O2. The molecule has 0 aromatic carbocycles. The van der Waals surface area contributed by atoms with Gasteiger partial charge in [0.25, 0.3) is 0 Å². The van der Waals surface area contributed by atoms with E-state index >= 15 is 0 Å². The third-order valence-electron chi connectivity index (χ3n) is 7.22. The molecule has 0 saturated heterocycles. The van der Waals surface area contributed by atoms with Crippen molar-refractivity contribution in [1.29, 1.82) is 0 Å². The van der Waals surface area contributed by atoms with Crippen molar-refractivity contribution in [2.45, 2.75) is 168 Å². The topological polar surface area (TPSA) is 33.7 Å². The first-order chi connectivity index (χ1) is 17.6. The van der Waals surface area contributed by atoms with Crippen LogP contribution in [0.2, 0.25) is 0 Å². The number of rotatable bonds is 30. The van der Waals surface area contributed by atoms with E-state index in [1.807, 2.05) is 0 Å².